The highest BCUT2D eigenvalue weighted by Crippen LogP contribution is 2.40. The molecule has 0 spiro atoms. The molecule has 220 valence electrons. The molecule has 3 amide bonds. The molecule has 1 aromatic carbocycles. The van der Waals surface area contributed by atoms with E-state index >= 15 is 0 Å². The first kappa shape index (κ1) is 31.2. The Morgan fingerprint density at radius 1 is 1.20 bits per heavy atom. The maximum Gasteiger partial charge on any atom is 0.490 e. The predicted octanol–water partition coefficient (Wildman–Crippen LogP) is 2.29. The summed E-state index contributed by atoms with van der Waals surface area (Å²) in [5, 5.41) is 19.0. The number of thioether (sulfide) groups is 1. The molecule has 2 saturated heterocycles. The lowest BCUT2D eigenvalue weighted by atomic mass is 10.0. The third kappa shape index (κ3) is 7.46. The van der Waals surface area contributed by atoms with Crippen molar-refractivity contribution in [3.63, 3.8) is 0 Å². The van der Waals surface area contributed by atoms with E-state index in [0.717, 1.165) is 5.56 Å². The second-order valence-corrected chi connectivity index (χ2v) is 9.88. The maximum absolute atomic E-state index is 12.9. The number of β-lactam (4-membered cyclic amide) rings is 1. The van der Waals surface area contributed by atoms with Crippen molar-refractivity contribution in [2.24, 2.45) is 5.73 Å². The number of hydrogen-bond donors (Lipinski definition) is 4. The Morgan fingerprint density at radius 3 is 2.39 bits per heavy atom. The summed E-state index contributed by atoms with van der Waals surface area (Å²) in [4.78, 5) is 60.3. The molecule has 3 heterocycles. The Bertz CT molecular complexity index is 1310. The average molecular weight is 599 g/mol. The van der Waals surface area contributed by atoms with Gasteiger partial charge in [0.15, 0.2) is 0 Å². The lowest BCUT2D eigenvalue weighted by Gasteiger charge is -2.47. The van der Waals surface area contributed by atoms with Crippen LogP contribution in [0.25, 0.3) is 0 Å². The maximum atomic E-state index is 12.9. The van der Waals surface area contributed by atoms with Crippen LogP contribution in [0, 0.1) is 0 Å². The van der Waals surface area contributed by atoms with Crippen LogP contribution in [0.5, 0.6) is 0 Å². The van der Waals surface area contributed by atoms with E-state index in [9.17, 15) is 37.5 Å². The molecule has 16 heteroatoms. The van der Waals surface area contributed by atoms with Gasteiger partial charge in [0.25, 0.3) is 0 Å². The van der Waals surface area contributed by atoms with Crippen molar-refractivity contribution in [1.82, 2.24) is 9.80 Å². The van der Waals surface area contributed by atoms with Gasteiger partial charge in [-0.15, -0.1) is 11.8 Å². The number of alkyl halides is 3. The van der Waals surface area contributed by atoms with E-state index < -0.39 is 36.2 Å². The van der Waals surface area contributed by atoms with E-state index in [2.05, 4.69) is 11.9 Å². The first-order chi connectivity index (χ1) is 19.2. The Balaban J connectivity index is 0.000000587. The van der Waals surface area contributed by atoms with Crippen molar-refractivity contribution in [3.05, 3.63) is 65.4 Å². The Kier molecular flexibility index (Phi) is 9.83. The van der Waals surface area contributed by atoms with E-state index in [0.29, 0.717) is 42.1 Å². The summed E-state index contributed by atoms with van der Waals surface area (Å²) in [7, 11) is 0. The van der Waals surface area contributed by atoms with Gasteiger partial charge in [-0.1, -0.05) is 24.8 Å². The normalized spacial score (nSPS) is 21.0. The Morgan fingerprint density at radius 2 is 1.83 bits per heavy atom. The topological polar surface area (TPSA) is 180 Å². The van der Waals surface area contributed by atoms with Crippen LogP contribution in [-0.2, 0) is 30.5 Å². The standard InChI is InChI=1S/C23H24N4O6S.C2HF3O2/c1-2-9-33-23(32)25-16-5-3-13(4-6-16)11-26-8-7-14(19(26)28)10-15-12-34-21-17(24)20(29)27(21)18(15)22(30)31;3-2(4,5)1(6)7/h2-6,10,17,21H,1,7-9,11-12,24H2,(H,25,32)(H,30,31);(H,6,7)/b14-10+;/t17-,21-;/m1./s1. The molecule has 0 bridgehead atoms. The number of carboxylic acids is 2. The molecule has 41 heavy (non-hydrogen) atoms. The van der Waals surface area contributed by atoms with Crippen LogP contribution in [0.4, 0.5) is 23.7 Å². The smallest absolute Gasteiger partial charge is 0.477 e. The molecule has 5 N–H and O–H groups in total. The molecule has 2 atom stereocenters. The summed E-state index contributed by atoms with van der Waals surface area (Å²) in [6.07, 6.45) is -2.11. The fraction of sp³-hybridized carbons (Fsp3) is 0.320. The van der Waals surface area contributed by atoms with Crippen LogP contribution >= 0.6 is 11.8 Å². The van der Waals surface area contributed by atoms with Crippen LogP contribution < -0.4 is 11.1 Å². The second-order valence-electron chi connectivity index (χ2n) is 8.77. The summed E-state index contributed by atoms with van der Waals surface area (Å²) >= 11 is 1.40. The minimum absolute atomic E-state index is 0.0936. The number of ether oxygens (including phenoxy) is 1. The number of fused-ring (bicyclic) bond motifs is 1. The first-order valence-corrected chi connectivity index (χ1v) is 12.9. The van der Waals surface area contributed by atoms with Gasteiger partial charge in [0, 0.05) is 30.1 Å². The summed E-state index contributed by atoms with van der Waals surface area (Å²) in [5.41, 5.74) is 8.08. The summed E-state index contributed by atoms with van der Waals surface area (Å²) in [5.74, 6) is -4.19. The van der Waals surface area contributed by atoms with Crippen LogP contribution in [0.15, 0.2) is 59.8 Å². The molecule has 12 nitrogen and oxygen atoms in total. The number of rotatable bonds is 7. The molecule has 0 radical (unpaired) electrons. The molecular weight excluding hydrogens is 573 g/mol. The number of allylic oxidation sites excluding steroid dienone is 1. The zero-order valence-electron chi connectivity index (χ0n) is 21.2. The van der Waals surface area contributed by atoms with E-state index in [1.54, 1.807) is 35.2 Å². The zero-order chi connectivity index (χ0) is 30.5. The average Bonchev–Trinajstić information content (AvgIpc) is 3.25. The lowest BCUT2D eigenvalue weighted by Crippen LogP contribution is -2.68. The number of nitrogens with zero attached hydrogens (tertiary/aromatic N) is 2. The molecule has 0 unspecified atom stereocenters. The number of amides is 3. The van der Waals surface area contributed by atoms with Crippen molar-refractivity contribution in [3.8, 4) is 0 Å². The minimum atomic E-state index is -5.08. The first-order valence-electron chi connectivity index (χ1n) is 11.8. The van der Waals surface area contributed by atoms with Gasteiger partial charge >= 0.3 is 24.2 Å². The molecule has 0 aliphatic carbocycles. The highest BCUT2D eigenvalue weighted by molar-refractivity contribution is 8.00. The molecule has 1 aromatic rings. The number of nitrogens with two attached hydrogens (primary N) is 1. The van der Waals surface area contributed by atoms with Crippen LogP contribution in [0.2, 0.25) is 0 Å². The number of likely N-dealkylation sites (tertiary alicyclic amines) is 1. The molecule has 4 rings (SSSR count). The Hall–Kier alpha value is -4.31. The van der Waals surface area contributed by atoms with Gasteiger partial charge in [0.05, 0.1) is 0 Å². The van der Waals surface area contributed by atoms with Gasteiger partial charge in [-0.05, 0) is 35.8 Å². The number of carbonyl (C=O) groups is 5. The van der Waals surface area contributed by atoms with Crippen LogP contribution in [0.1, 0.15) is 12.0 Å². The third-order valence-electron chi connectivity index (χ3n) is 5.95. The van der Waals surface area contributed by atoms with Gasteiger partial charge in [0.1, 0.15) is 23.7 Å². The van der Waals surface area contributed by atoms with Gasteiger partial charge < -0.3 is 25.6 Å². The van der Waals surface area contributed by atoms with Crippen molar-refractivity contribution in [1.29, 1.82) is 0 Å². The number of nitrogens with one attached hydrogen (secondary N) is 1. The number of aliphatic carboxylic acids is 2. The molecule has 3 aliphatic heterocycles. The molecule has 0 aromatic heterocycles. The van der Waals surface area contributed by atoms with Gasteiger partial charge in [-0.2, -0.15) is 13.2 Å². The number of carbonyl (C=O) groups excluding carboxylic acids is 3. The lowest BCUT2D eigenvalue weighted by molar-refractivity contribution is -0.192. The van der Waals surface area contributed by atoms with Crippen LogP contribution in [-0.4, -0.2) is 86.4 Å². The molecular formula is C25H25F3N4O8S. The fourth-order valence-corrected chi connectivity index (χ4v) is 5.27. The Labute approximate surface area is 235 Å². The molecule has 3 aliphatic rings. The second kappa shape index (κ2) is 12.9. The monoisotopic (exact) mass is 598 g/mol. The molecule has 2 fully saturated rings. The molecule has 0 saturated carbocycles. The van der Waals surface area contributed by atoms with E-state index in [-0.39, 0.29) is 23.6 Å². The quantitative estimate of drug-likeness (QED) is 0.207. The largest absolute Gasteiger partial charge is 0.490 e. The number of anilines is 1. The number of halogens is 3. The SMILES string of the molecule is C=CCOC(=O)Nc1ccc(CN2CC/C(=C\C3=C(C(=O)O)N4C(=O)[C@@H](N)[C@H]4SC3)C2=O)cc1.O=C(O)C(F)(F)F. The van der Waals surface area contributed by atoms with Crippen molar-refractivity contribution >= 4 is 47.3 Å². The fourth-order valence-electron chi connectivity index (χ4n) is 4.02. The van der Waals surface area contributed by atoms with E-state index in [4.69, 9.17) is 20.4 Å². The summed E-state index contributed by atoms with van der Waals surface area (Å²) in [6, 6.07) is 6.35. The zero-order valence-corrected chi connectivity index (χ0v) is 22.0. The van der Waals surface area contributed by atoms with E-state index in [1.165, 1.54) is 22.7 Å². The number of benzene rings is 1. The van der Waals surface area contributed by atoms with Gasteiger partial charge in [-0.3, -0.25) is 19.8 Å². The highest BCUT2D eigenvalue weighted by Gasteiger charge is 2.51. The van der Waals surface area contributed by atoms with Crippen molar-refractivity contribution in [2.45, 2.75) is 30.6 Å². The van der Waals surface area contributed by atoms with Gasteiger partial charge in [-0.25, -0.2) is 14.4 Å². The van der Waals surface area contributed by atoms with Crippen LogP contribution in [0.3, 0.4) is 0 Å². The van der Waals surface area contributed by atoms with Crippen molar-refractivity contribution < 1.29 is 52.1 Å². The van der Waals surface area contributed by atoms with Crippen molar-refractivity contribution in [2.75, 3.05) is 24.2 Å². The van der Waals surface area contributed by atoms with E-state index in [1.807, 2.05) is 0 Å². The minimum Gasteiger partial charge on any atom is -0.477 e. The third-order valence-corrected chi connectivity index (χ3v) is 7.27. The summed E-state index contributed by atoms with van der Waals surface area (Å²) in [6.45, 7) is 4.46. The van der Waals surface area contributed by atoms with Gasteiger partial charge in [0.2, 0.25) is 11.8 Å². The number of hydrogen-bond acceptors (Lipinski definition) is 8. The highest BCUT2D eigenvalue weighted by atomic mass is 32.2. The summed E-state index contributed by atoms with van der Waals surface area (Å²) < 4.78 is 36.6. The number of carboxylic acid groups (broad SMARTS) is 2. The predicted molar refractivity (Wildman–Crippen MR) is 139 cm³/mol.